The number of carbonyl (C=O) groups is 1. The number of ether oxygens (including phenoxy) is 1. The Morgan fingerprint density at radius 1 is 1.22 bits per heavy atom. The first-order valence-corrected chi connectivity index (χ1v) is 8.46. The lowest BCUT2D eigenvalue weighted by Gasteiger charge is -2.29. The molecule has 10 heteroatoms. The second kappa shape index (κ2) is 7.93. The minimum Gasteiger partial charge on any atom is -0.427 e. The Kier molecular flexibility index (Phi) is 5.62. The number of carbonyl (C=O) groups excluding carboxylic acids is 1. The average Bonchev–Trinajstić information content (AvgIpc) is 3.17. The van der Waals surface area contributed by atoms with Crippen molar-refractivity contribution < 1.29 is 27.1 Å². The number of aromatic nitrogens is 3. The zero-order valence-electron chi connectivity index (χ0n) is 14.2. The van der Waals surface area contributed by atoms with Crippen molar-refractivity contribution in [2.45, 2.75) is 50.3 Å². The van der Waals surface area contributed by atoms with Gasteiger partial charge < -0.3 is 10.1 Å². The Labute approximate surface area is 152 Å². The SMILES string of the molecule is O=C(NC1CCC(n2cncn2)CC1)c1ccccc1OC(F)(F)C(F)F. The molecule has 1 amide bonds. The zero-order valence-corrected chi connectivity index (χ0v) is 14.2. The van der Waals surface area contributed by atoms with Crippen LogP contribution in [0.5, 0.6) is 5.75 Å². The van der Waals surface area contributed by atoms with Crippen LogP contribution in [0.1, 0.15) is 42.1 Å². The number of hydrogen-bond acceptors (Lipinski definition) is 4. The number of benzene rings is 1. The predicted octanol–water partition coefficient (Wildman–Crippen LogP) is 3.43. The Bertz CT molecular complexity index is 762. The molecule has 1 heterocycles. The third-order valence-corrected chi connectivity index (χ3v) is 4.47. The van der Waals surface area contributed by atoms with Crippen molar-refractivity contribution in [1.82, 2.24) is 20.1 Å². The molecule has 3 rings (SSSR count). The standard InChI is InChI=1S/C17H18F4N4O2/c18-16(19)17(20,21)27-14-4-2-1-3-13(14)15(26)24-11-5-7-12(8-6-11)25-10-22-9-23-25/h1-4,9-12,16H,5-8H2,(H,24,26). The van der Waals surface area contributed by atoms with E-state index in [-0.39, 0.29) is 17.6 Å². The second-order valence-corrected chi connectivity index (χ2v) is 6.32. The molecule has 2 aromatic rings. The van der Waals surface area contributed by atoms with Crippen molar-refractivity contribution in [3.63, 3.8) is 0 Å². The molecule has 0 bridgehead atoms. The summed E-state index contributed by atoms with van der Waals surface area (Å²) in [6, 6.07) is 5.14. The van der Waals surface area contributed by atoms with Crippen molar-refractivity contribution in [1.29, 1.82) is 0 Å². The highest BCUT2D eigenvalue weighted by atomic mass is 19.3. The van der Waals surface area contributed by atoms with Gasteiger partial charge in [0.25, 0.3) is 5.91 Å². The third-order valence-electron chi connectivity index (χ3n) is 4.47. The fraction of sp³-hybridized carbons (Fsp3) is 0.471. The maximum atomic E-state index is 13.2. The first kappa shape index (κ1) is 19.1. The smallest absolute Gasteiger partial charge is 0.427 e. The van der Waals surface area contributed by atoms with Gasteiger partial charge in [0.15, 0.2) is 0 Å². The summed E-state index contributed by atoms with van der Waals surface area (Å²) < 4.78 is 57.0. The first-order chi connectivity index (χ1) is 12.9. The van der Waals surface area contributed by atoms with Crippen LogP contribution in [0.25, 0.3) is 0 Å². The van der Waals surface area contributed by atoms with Gasteiger partial charge in [-0.25, -0.2) is 9.67 Å². The fourth-order valence-corrected chi connectivity index (χ4v) is 3.09. The van der Waals surface area contributed by atoms with Gasteiger partial charge in [-0.1, -0.05) is 12.1 Å². The summed E-state index contributed by atoms with van der Waals surface area (Å²) in [5, 5.41) is 6.86. The monoisotopic (exact) mass is 386 g/mol. The van der Waals surface area contributed by atoms with E-state index in [0.717, 1.165) is 18.9 Å². The molecule has 27 heavy (non-hydrogen) atoms. The van der Waals surface area contributed by atoms with Crippen LogP contribution < -0.4 is 10.1 Å². The Hall–Kier alpha value is -2.65. The number of nitrogens with one attached hydrogen (secondary N) is 1. The third kappa shape index (κ3) is 4.55. The highest BCUT2D eigenvalue weighted by Gasteiger charge is 2.44. The number of nitrogens with zero attached hydrogens (tertiary/aromatic N) is 3. The molecule has 146 valence electrons. The number of rotatable bonds is 6. The van der Waals surface area contributed by atoms with Crippen molar-refractivity contribution >= 4 is 5.91 Å². The Balaban J connectivity index is 1.62. The molecule has 0 spiro atoms. The summed E-state index contributed by atoms with van der Waals surface area (Å²) in [7, 11) is 0. The maximum absolute atomic E-state index is 13.2. The molecular formula is C17H18F4N4O2. The molecule has 1 aromatic carbocycles. The van der Waals surface area contributed by atoms with Gasteiger partial charge in [-0.15, -0.1) is 0 Å². The molecule has 1 saturated carbocycles. The van der Waals surface area contributed by atoms with Gasteiger partial charge >= 0.3 is 12.5 Å². The summed E-state index contributed by atoms with van der Waals surface area (Å²) in [5.74, 6) is -1.23. The number of halogens is 4. The Morgan fingerprint density at radius 3 is 2.56 bits per heavy atom. The van der Waals surface area contributed by atoms with Gasteiger partial charge in [0, 0.05) is 6.04 Å². The van der Waals surface area contributed by atoms with E-state index in [4.69, 9.17) is 0 Å². The first-order valence-electron chi connectivity index (χ1n) is 8.46. The van der Waals surface area contributed by atoms with Gasteiger partial charge in [-0.2, -0.15) is 22.7 Å². The zero-order chi connectivity index (χ0) is 19.4. The van der Waals surface area contributed by atoms with Crippen molar-refractivity contribution in [3.8, 4) is 5.75 Å². The molecular weight excluding hydrogens is 368 g/mol. The number of para-hydroxylation sites is 1. The summed E-state index contributed by atoms with van der Waals surface area (Å²) in [5.41, 5.74) is -0.212. The molecule has 6 nitrogen and oxygen atoms in total. The van der Waals surface area contributed by atoms with Crippen LogP contribution in [0.4, 0.5) is 17.6 Å². The van der Waals surface area contributed by atoms with Crippen LogP contribution >= 0.6 is 0 Å². The minimum atomic E-state index is -4.67. The molecule has 1 aromatic heterocycles. The minimum absolute atomic E-state index is 0.152. The van der Waals surface area contributed by atoms with Gasteiger partial charge in [0.1, 0.15) is 18.4 Å². The van der Waals surface area contributed by atoms with Gasteiger partial charge in [-0.05, 0) is 37.8 Å². The van der Waals surface area contributed by atoms with E-state index >= 15 is 0 Å². The highest BCUT2D eigenvalue weighted by molar-refractivity contribution is 5.97. The lowest BCUT2D eigenvalue weighted by molar-refractivity contribution is -0.253. The van der Waals surface area contributed by atoms with Crippen LogP contribution in [0, 0.1) is 0 Å². The van der Waals surface area contributed by atoms with Gasteiger partial charge in [0.05, 0.1) is 11.6 Å². The Morgan fingerprint density at radius 2 is 1.93 bits per heavy atom. The van der Waals surface area contributed by atoms with E-state index in [1.54, 1.807) is 11.0 Å². The van der Waals surface area contributed by atoms with E-state index in [2.05, 4.69) is 20.1 Å². The fourth-order valence-electron chi connectivity index (χ4n) is 3.09. The van der Waals surface area contributed by atoms with Crippen LogP contribution in [0.3, 0.4) is 0 Å². The molecule has 1 N–H and O–H groups in total. The van der Waals surface area contributed by atoms with Gasteiger partial charge in [0.2, 0.25) is 0 Å². The topological polar surface area (TPSA) is 69.0 Å². The molecule has 1 fully saturated rings. The summed E-state index contributed by atoms with van der Waals surface area (Å²) >= 11 is 0. The molecule has 0 saturated heterocycles. The highest BCUT2D eigenvalue weighted by Crippen LogP contribution is 2.31. The molecule has 0 atom stereocenters. The molecule has 1 aliphatic rings. The van der Waals surface area contributed by atoms with Crippen LogP contribution in [-0.4, -0.2) is 39.2 Å². The quantitative estimate of drug-likeness (QED) is 0.773. The van der Waals surface area contributed by atoms with E-state index in [1.807, 2.05) is 0 Å². The van der Waals surface area contributed by atoms with E-state index in [9.17, 15) is 22.4 Å². The lowest BCUT2D eigenvalue weighted by Crippen LogP contribution is -2.39. The predicted molar refractivity (Wildman–Crippen MR) is 86.8 cm³/mol. The van der Waals surface area contributed by atoms with Crippen molar-refractivity contribution in [2.75, 3.05) is 0 Å². The molecule has 0 aliphatic heterocycles. The molecule has 1 aliphatic carbocycles. The average molecular weight is 386 g/mol. The molecule has 0 unspecified atom stereocenters. The largest absolute Gasteiger partial charge is 0.461 e. The van der Waals surface area contributed by atoms with Crippen molar-refractivity contribution in [3.05, 3.63) is 42.5 Å². The van der Waals surface area contributed by atoms with Gasteiger partial charge in [-0.3, -0.25) is 4.79 Å². The number of alkyl halides is 4. The van der Waals surface area contributed by atoms with Crippen molar-refractivity contribution in [2.24, 2.45) is 0 Å². The van der Waals surface area contributed by atoms with E-state index in [0.29, 0.717) is 12.8 Å². The molecule has 0 radical (unpaired) electrons. The summed E-state index contributed by atoms with van der Waals surface area (Å²) in [6.07, 6.45) is -2.68. The van der Waals surface area contributed by atoms with Crippen LogP contribution in [-0.2, 0) is 0 Å². The number of hydrogen-bond donors (Lipinski definition) is 1. The normalized spacial score (nSPS) is 20.5. The maximum Gasteiger partial charge on any atom is 0.461 e. The van der Waals surface area contributed by atoms with Crippen LogP contribution in [0.2, 0.25) is 0 Å². The van der Waals surface area contributed by atoms with Crippen LogP contribution in [0.15, 0.2) is 36.9 Å². The second-order valence-electron chi connectivity index (χ2n) is 6.32. The summed E-state index contributed by atoms with van der Waals surface area (Å²) in [4.78, 5) is 16.4. The lowest BCUT2D eigenvalue weighted by atomic mass is 9.91. The van der Waals surface area contributed by atoms with E-state index in [1.165, 1.54) is 24.5 Å². The number of amides is 1. The van der Waals surface area contributed by atoms with E-state index < -0.39 is 24.2 Å². The summed E-state index contributed by atoms with van der Waals surface area (Å²) in [6.45, 7) is 0.